The molecule has 1 unspecified atom stereocenters. The SMILES string of the molecule is Cc1cccc(C(=N)N)c1N(C)C(C)c1cccc(Cl)c1. The maximum Gasteiger partial charge on any atom is 0.124 e. The lowest BCUT2D eigenvalue weighted by atomic mass is 10.0. The van der Waals surface area contributed by atoms with Gasteiger partial charge in [-0.2, -0.15) is 0 Å². The molecule has 0 aliphatic heterocycles. The van der Waals surface area contributed by atoms with E-state index in [1.165, 1.54) is 0 Å². The minimum atomic E-state index is 0.0823. The molecule has 0 heterocycles. The summed E-state index contributed by atoms with van der Waals surface area (Å²) in [5, 5.41) is 8.50. The fourth-order valence-corrected chi connectivity index (χ4v) is 2.73. The van der Waals surface area contributed by atoms with Crippen molar-refractivity contribution in [3.05, 3.63) is 64.2 Å². The third-order valence-corrected chi connectivity index (χ3v) is 4.03. The number of halogens is 1. The van der Waals surface area contributed by atoms with Crippen LogP contribution in [-0.2, 0) is 0 Å². The van der Waals surface area contributed by atoms with Gasteiger partial charge >= 0.3 is 0 Å². The fraction of sp³-hybridized carbons (Fsp3) is 0.235. The van der Waals surface area contributed by atoms with Crippen molar-refractivity contribution < 1.29 is 0 Å². The van der Waals surface area contributed by atoms with E-state index < -0.39 is 0 Å². The highest BCUT2D eigenvalue weighted by atomic mass is 35.5. The number of nitrogens with zero attached hydrogens (tertiary/aromatic N) is 1. The van der Waals surface area contributed by atoms with E-state index in [-0.39, 0.29) is 11.9 Å². The molecule has 2 aromatic rings. The summed E-state index contributed by atoms with van der Waals surface area (Å²) in [6, 6.07) is 13.8. The average Bonchev–Trinajstić information content (AvgIpc) is 2.45. The molecule has 0 aromatic heterocycles. The summed E-state index contributed by atoms with van der Waals surface area (Å²) in [5.74, 6) is 0.0823. The molecule has 1 atom stereocenters. The predicted molar refractivity (Wildman–Crippen MR) is 90.5 cm³/mol. The summed E-state index contributed by atoms with van der Waals surface area (Å²) in [7, 11) is 2.01. The first kappa shape index (κ1) is 15.4. The van der Waals surface area contributed by atoms with E-state index in [1.807, 2.05) is 50.4 Å². The average molecular weight is 302 g/mol. The molecule has 0 radical (unpaired) electrons. The lowest BCUT2D eigenvalue weighted by molar-refractivity contribution is 0.737. The molecule has 21 heavy (non-hydrogen) atoms. The van der Waals surface area contributed by atoms with Crippen LogP contribution < -0.4 is 10.6 Å². The van der Waals surface area contributed by atoms with E-state index in [4.69, 9.17) is 22.7 Å². The Morgan fingerprint density at radius 3 is 2.52 bits per heavy atom. The topological polar surface area (TPSA) is 53.1 Å². The van der Waals surface area contributed by atoms with Crippen LogP contribution >= 0.6 is 11.6 Å². The molecule has 0 spiro atoms. The van der Waals surface area contributed by atoms with Gasteiger partial charge in [-0.25, -0.2) is 0 Å². The predicted octanol–water partition coefficient (Wildman–Crippen LogP) is 4.13. The van der Waals surface area contributed by atoms with Gasteiger partial charge in [0.15, 0.2) is 0 Å². The number of para-hydroxylation sites is 1. The molecule has 3 N–H and O–H groups in total. The van der Waals surface area contributed by atoms with Crippen LogP contribution in [-0.4, -0.2) is 12.9 Å². The van der Waals surface area contributed by atoms with Crippen LogP contribution in [0.3, 0.4) is 0 Å². The molecule has 110 valence electrons. The molecular weight excluding hydrogens is 282 g/mol. The second kappa shape index (κ2) is 6.19. The number of hydrogen-bond acceptors (Lipinski definition) is 2. The molecule has 4 heteroatoms. The van der Waals surface area contributed by atoms with Crippen LogP contribution in [0.25, 0.3) is 0 Å². The van der Waals surface area contributed by atoms with Crippen molar-refractivity contribution in [1.82, 2.24) is 0 Å². The quantitative estimate of drug-likeness (QED) is 0.659. The first-order valence-corrected chi connectivity index (χ1v) is 7.22. The molecule has 0 fully saturated rings. The van der Waals surface area contributed by atoms with E-state index in [9.17, 15) is 0 Å². The zero-order chi connectivity index (χ0) is 15.6. The molecule has 0 bridgehead atoms. The van der Waals surface area contributed by atoms with Gasteiger partial charge in [0, 0.05) is 17.6 Å². The summed E-state index contributed by atoms with van der Waals surface area (Å²) < 4.78 is 0. The van der Waals surface area contributed by atoms with Crippen LogP contribution in [0.2, 0.25) is 5.02 Å². The van der Waals surface area contributed by atoms with Gasteiger partial charge in [-0.15, -0.1) is 0 Å². The zero-order valence-electron chi connectivity index (χ0n) is 12.5. The zero-order valence-corrected chi connectivity index (χ0v) is 13.3. The summed E-state index contributed by atoms with van der Waals surface area (Å²) in [5.41, 5.74) is 9.68. The number of rotatable bonds is 4. The molecule has 0 aliphatic rings. The Balaban J connectivity index is 2.44. The number of benzene rings is 2. The Bertz CT molecular complexity index is 667. The van der Waals surface area contributed by atoms with Crippen LogP contribution in [0, 0.1) is 12.3 Å². The van der Waals surface area contributed by atoms with E-state index in [0.29, 0.717) is 0 Å². The molecule has 3 nitrogen and oxygen atoms in total. The van der Waals surface area contributed by atoms with Gasteiger partial charge in [0.25, 0.3) is 0 Å². The molecule has 2 aromatic carbocycles. The Hall–Kier alpha value is -2.00. The van der Waals surface area contributed by atoms with Gasteiger partial charge in [0.05, 0.1) is 11.7 Å². The number of nitrogens with two attached hydrogens (primary N) is 1. The molecule has 0 amide bonds. The summed E-state index contributed by atoms with van der Waals surface area (Å²) in [4.78, 5) is 2.14. The van der Waals surface area contributed by atoms with E-state index in [2.05, 4.69) is 17.9 Å². The Morgan fingerprint density at radius 2 is 1.90 bits per heavy atom. The second-order valence-corrected chi connectivity index (χ2v) is 5.66. The van der Waals surface area contributed by atoms with E-state index in [0.717, 1.165) is 27.4 Å². The lowest BCUT2D eigenvalue weighted by Gasteiger charge is -2.30. The van der Waals surface area contributed by atoms with Gasteiger partial charge in [-0.05, 0) is 43.2 Å². The minimum Gasteiger partial charge on any atom is -0.384 e. The first-order valence-electron chi connectivity index (χ1n) is 6.84. The number of aryl methyl sites for hydroxylation is 1. The summed E-state index contributed by atoms with van der Waals surface area (Å²) in [6.45, 7) is 4.14. The Kier molecular flexibility index (Phi) is 4.53. The highest BCUT2D eigenvalue weighted by Gasteiger charge is 2.18. The maximum absolute atomic E-state index is 7.78. The minimum absolute atomic E-state index is 0.0823. The molecule has 0 saturated carbocycles. The van der Waals surface area contributed by atoms with E-state index in [1.54, 1.807) is 0 Å². The van der Waals surface area contributed by atoms with Crippen molar-refractivity contribution in [3.8, 4) is 0 Å². The van der Waals surface area contributed by atoms with Crippen molar-refractivity contribution in [2.75, 3.05) is 11.9 Å². The number of nitrogen functional groups attached to an aromatic ring is 1. The second-order valence-electron chi connectivity index (χ2n) is 5.23. The highest BCUT2D eigenvalue weighted by Crippen LogP contribution is 2.31. The van der Waals surface area contributed by atoms with Crippen LogP contribution in [0.15, 0.2) is 42.5 Å². The van der Waals surface area contributed by atoms with Crippen molar-refractivity contribution in [2.45, 2.75) is 19.9 Å². The number of amidine groups is 1. The monoisotopic (exact) mass is 301 g/mol. The molecular formula is C17H20ClN3. The normalized spacial score (nSPS) is 12.0. The maximum atomic E-state index is 7.78. The summed E-state index contributed by atoms with van der Waals surface area (Å²) >= 11 is 6.08. The smallest absolute Gasteiger partial charge is 0.124 e. The molecule has 2 rings (SSSR count). The Labute approximate surface area is 130 Å². The summed E-state index contributed by atoms with van der Waals surface area (Å²) in [6.07, 6.45) is 0. The van der Waals surface area contributed by atoms with Crippen LogP contribution in [0.5, 0.6) is 0 Å². The first-order chi connectivity index (χ1) is 9.91. The largest absolute Gasteiger partial charge is 0.384 e. The van der Waals surface area contributed by atoms with Crippen molar-refractivity contribution in [2.24, 2.45) is 5.73 Å². The third kappa shape index (κ3) is 3.19. The van der Waals surface area contributed by atoms with Gasteiger partial charge in [0.2, 0.25) is 0 Å². The van der Waals surface area contributed by atoms with Gasteiger partial charge in [-0.1, -0.05) is 35.9 Å². The standard InChI is InChI=1S/C17H20ClN3/c1-11-6-4-9-15(17(19)20)16(11)21(3)12(2)13-7-5-8-14(18)10-13/h4-10,12H,1-3H3,(H3,19,20). The number of hydrogen-bond donors (Lipinski definition) is 2. The third-order valence-electron chi connectivity index (χ3n) is 3.79. The number of nitrogens with one attached hydrogen (secondary N) is 1. The van der Waals surface area contributed by atoms with Gasteiger partial charge in [-0.3, -0.25) is 5.41 Å². The van der Waals surface area contributed by atoms with Gasteiger partial charge < -0.3 is 10.6 Å². The van der Waals surface area contributed by atoms with Crippen LogP contribution in [0.4, 0.5) is 5.69 Å². The highest BCUT2D eigenvalue weighted by molar-refractivity contribution is 6.30. The van der Waals surface area contributed by atoms with Crippen molar-refractivity contribution in [1.29, 1.82) is 5.41 Å². The molecule has 0 saturated heterocycles. The molecule has 0 aliphatic carbocycles. The van der Waals surface area contributed by atoms with Gasteiger partial charge in [0.1, 0.15) is 5.84 Å². The Morgan fingerprint density at radius 1 is 1.24 bits per heavy atom. The fourth-order valence-electron chi connectivity index (χ4n) is 2.53. The lowest BCUT2D eigenvalue weighted by Crippen LogP contribution is -2.26. The van der Waals surface area contributed by atoms with Crippen molar-refractivity contribution in [3.63, 3.8) is 0 Å². The van der Waals surface area contributed by atoms with E-state index >= 15 is 0 Å². The van der Waals surface area contributed by atoms with Crippen LogP contribution in [0.1, 0.15) is 29.7 Å². The van der Waals surface area contributed by atoms with Crippen molar-refractivity contribution >= 4 is 23.1 Å². The number of anilines is 1.